The van der Waals surface area contributed by atoms with E-state index in [1.807, 2.05) is 0 Å². The first-order chi connectivity index (χ1) is 14.6. The lowest BCUT2D eigenvalue weighted by Crippen LogP contribution is -2.61. The summed E-state index contributed by atoms with van der Waals surface area (Å²) in [5.74, 6) is 2.41. The van der Waals surface area contributed by atoms with E-state index in [4.69, 9.17) is 0 Å². The number of hydrogen-bond acceptors (Lipinski definition) is 3. The third-order valence-corrected chi connectivity index (χ3v) is 8.34. The fourth-order valence-electron chi connectivity index (χ4n) is 6.49. The van der Waals surface area contributed by atoms with Gasteiger partial charge in [0.05, 0.1) is 0 Å². The van der Waals surface area contributed by atoms with Crippen molar-refractivity contribution < 1.29 is 9.59 Å². The quantitative estimate of drug-likeness (QED) is 0.622. The van der Waals surface area contributed by atoms with Crippen molar-refractivity contribution in [3.63, 3.8) is 0 Å². The van der Waals surface area contributed by atoms with Crippen LogP contribution < -0.4 is 16.0 Å². The molecule has 0 atom stereocenters. The van der Waals surface area contributed by atoms with Crippen LogP contribution in [-0.4, -0.2) is 30.6 Å². The second-order valence-corrected chi connectivity index (χ2v) is 10.6. The minimum absolute atomic E-state index is 0.00959. The van der Waals surface area contributed by atoms with Gasteiger partial charge >= 0.3 is 6.03 Å². The maximum atomic E-state index is 12.5. The molecule has 4 bridgehead atoms. The lowest BCUT2D eigenvalue weighted by Gasteiger charge is -2.56. The molecule has 1 aromatic carbocycles. The predicted octanol–water partition coefficient (Wildman–Crippen LogP) is 4.22. The van der Waals surface area contributed by atoms with E-state index < -0.39 is 0 Å². The molecule has 6 rings (SSSR count). The van der Waals surface area contributed by atoms with E-state index in [0.717, 1.165) is 43.4 Å². The molecule has 3 amide bonds. The Labute approximate surface area is 182 Å². The maximum absolute atomic E-state index is 12.5. The molecule has 0 aliphatic heterocycles. The van der Waals surface area contributed by atoms with Gasteiger partial charge in [0.1, 0.15) is 0 Å². The van der Waals surface area contributed by atoms with Crippen molar-refractivity contribution in [2.45, 2.75) is 56.9 Å². The molecule has 5 nitrogen and oxygen atoms in total. The van der Waals surface area contributed by atoms with Crippen LogP contribution in [-0.2, 0) is 11.2 Å². The van der Waals surface area contributed by atoms with Gasteiger partial charge in [-0.3, -0.25) is 4.79 Å². The molecule has 4 fully saturated rings. The molecule has 0 radical (unpaired) electrons. The molecule has 1 aromatic heterocycles. The van der Waals surface area contributed by atoms with Crippen molar-refractivity contribution in [2.75, 3.05) is 13.1 Å². The van der Waals surface area contributed by atoms with Crippen LogP contribution in [0, 0.1) is 17.8 Å². The fraction of sp³-hybridized carbons (Fsp3) is 0.583. The molecule has 4 saturated carbocycles. The third-order valence-electron chi connectivity index (χ3n) is 7.33. The average Bonchev–Trinajstić information content (AvgIpc) is 3.10. The summed E-state index contributed by atoms with van der Waals surface area (Å²) in [7, 11) is 0. The van der Waals surface area contributed by atoms with Crippen LogP contribution in [0.3, 0.4) is 0 Å². The second kappa shape index (κ2) is 8.22. The third kappa shape index (κ3) is 4.20. The van der Waals surface area contributed by atoms with E-state index in [0.29, 0.717) is 19.5 Å². The summed E-state index contributed by atoms with van der Waals surface area (Å²) in [5, 5.41) is 12.6. The van der Waals surface area contributed by atoms with Crippen molar-refractivity contribution in [1.29, 1.82) is 0 Å². The lowest BCUT2D eigenvalue weighted by atomic mass is 9.53. The zero-order valence-corrected chi connectivity index (χ0v) is 18.2. The molecule has 6 heteroatoms. The number of nitrogens with one attached hydrogen (secondary N) is 3. The largest absolute Gasteiger partial charge is 0.356 e. The number of amides is 3. The van der Waals surface area contributed by atoms with Crippen molar-refractivity contribution >= 4 is 33.4 Å². The summed E-state index contributed by atoms with van der Waals surface area (Å²) in [6.07, 6.45) is 8.67. The molecular weight excluding hydrogens is 394 g/mol. The number of hydrogen-bond donors (Lipinski definition) is 3. The van der Waals surface area contributed by atoms with Crippen LogP contribution in [0.25, 0.3) is 10.1 Å². The number of rotatable bonds is 7. The van der Waals surface area contributed by atoms with E-state index >= 15 is 0 Å². The predicted molar refractivity (Wildman–Crippen MR) is 121 cm³/mol. The molecule has 4 aliphatic carbocycles. The Morgan fingerprint density at radius 3 is 2.40 bits per heavy atom. The van der Waals surface area contributed by atoms with Gasteiger partial charge in [-0.25, -0.2) is 4.79 Å². The molecule has 0 saturated heterocycles. The van der Waals surface area contributed by atoms with Crippen LogP contribution in [0.1, 0.15) is 50.5 Å². The topological polar surface area (TPSA) is 70.2 Å². The monoisotopic (exact) mass is 425 g/mol. The number of thiophene rings is 1. The van der Waals surface area contributed by atoms with Crippen LogP contribution in [0.2, 0.25) is 0 Å². The summed E-state index contributed by atoms with van der Waals surface area (Å²) < 4.78 is 1.29. The van der Waals surface area contributed by atoms with Crippen LogP contribution >= 0.6 is 11.3 Å². The van der Waals surface area contributed by atoms with Gasteiger partial charge in [0, 0.05) is 29.7 Å². The number of urea groups is 1. The Bertz CT molecular complexity index is 902. The number of carbonyl (C=O) groups excluding carboxylic acids is 2. The van der Waals surface area contributed by atoms with Crippen LogP contribution in [0.15, 0.2) is 29.6 Å². The molecule has 0 unspecified atom stereocenters. The maximum Gasteiger partial charge on any atom is 0.315 e. The second-order valence-electron chi connectivity index (χ2n) is 9.69. The van der Waals surface area contributed by atoms with E-state index in [2.05, 4.69) is 45.6 Å². The molecule has 2 aromatic rings. The number of benzene rings is 1. The summed E-state index contributed by atoms with van der Waals surface area (Å²) in [4.78, 5) is 24.6. The van der Waals surface area contributed by atoms with Crippen molar-refractivity contribution in [3.05, 3.63) is 35.2 Å². The van der Waals surface area contributed by atoms with Gasteiger partial charge in [-0.15, -0.1) is 11.3 Å². The van der Waals surface area contributed by atoms with E-state index in [1.54, 1.807) is 11.3 Å². The zero-order chi connectivity index (χ0) is 20.6. The summed E-state index contributed by atoms with van der Waals surface area (Å²) in [6.45, 7) is 1.00. The smallest absolute Gasteiger partial charge is 0.315 e. The average molecular weight is 426 g/mol. The Kier molecular flexibility index (Phi) is 5.44. The first kappa shape index (κ1) is 19.9. The molecule has 160 valence electrons. The summed E-state index contributed by atoms with van der Waals surface area (Å²) in [6, 6.07) is 8.26. The van der Waals surface area contributed by atoms with Crippen molar-refractivity contribution in [1.82, 2.24) is 16.0 Å². The number of carbonyl (C=O) groups is 2. The first-order valence-electron chi connectivity index (χ1n) is 11.4. The van der Waals surface area contributed by atoms with E-state index in [-0.39, 0.29) is 17.5 Å². The Balaban J connectivity index is 1.02. The molecule has 0 spiro atoms. The van der Waals surface area contributed by atoms with Gasteiger partial charge in [0.2, 0.25) is 5.91 Å². The van der Waals surface area contributed by atoms with E-state index in [1.165, 1.54) is 34.9 Å². The van der Waals surface area contributed by atoms with Gasteiger partial charge in [0.25, 0.3) is 0 Å². The number of fused-ring (bicyclic) bond motifs is 1. The highest BCUT2D eigenvalue weighted by atomic mass is 32.1. The molecule has 30 heavy (non-hydrogen) atoms. The molecular formula is C24H31N3O2S. The highest BCUT2D eigenvalue weighted by Crippen LogP contribution is 2.55. The van der Waals surface area contributed by atoms with Crippen molar-refractivity contribution in [2.24, 2.45) is 17.8 Å². The lowest BCUT2D eigenvalue weighted by molar-refractivity contribution is -0.120. The summed E-state index contributed by atoms with van der Waals surface area (Å²) >= 11 is 1.75. The molecule has 4 aliphatic rings. The Morgan fingerprint density at radius 2 is 1.67 bits per heavy atom. The normalized spacial score (nSPS) is 29.1. The summed E-state index contributed by atoms with van der Waals surface area (Å²) in [5.41, 5.74) is 1.30. The van der Waals surface area contributed by atoms with Gasteiger partial charge in [-0.1, -0.05) is 18.2 Å². The van der Waals surface area contributed by atoms with Crippen molar-refractivity contribution in [3.8, 4) is 0 Å². The SMILES string of the molecule is O=C(CCNC(=O)NC12CC3CC(CC(C3)C1)C2)NCCc1csc2ccccc12. The fourth-order valence-corrected chi connectivity index (χ4v) is 7.49. The standard InChI is InChI=1S/C24H31N3O2S/c28-22(25-7-5-19-15-30-21-4-2-1-3-20(19)21)6-8-26-23(29)27-24-12-16-9-17(13-24)11-18(10-16)14-24/h1-4,15-18H,5-14H2,(H,25,28)(H2,26,27,29). The van der Waals surface area contributed by atoms with Gasteiger partial charge in [-0.2, -0.15) is 0 Å². The van der Waals surface area contributed by atoms with Crippen LogP contribution in [0.5, 0.6) is 0 Å². The van der Waals surface area contributed by atoms with E-state index in [9.17, 15) is 9.59 Å². The minimum atomic E-state index is -0.102. The highest BCUT2D eigenvalue weighted by Gasteiger charge is 2.51. The molecule has 1 heterocycles. The first-order valence-corrected chi connectivity index (χ1v) is 12.2. The Morgan fingerprint density at radius 1 is 0.967 bits per heavy atom. The van der Waals surface area contributed by atoms with Gasteiger partial charge in [-0.05, 0) is 85.1 Å². The van der Waals surface area contributed by atoms with Gasteiger partial charge < -0.3 is 16.0 Å². The minimum Gasteiger partial charge on any atom is -0.356 e. The van der Waals surface area contributed by atoms with Crippen LogP contribution in [0.4, 0.5) is 4.79 Å². The highest BCUT2D eigenvalue weighted by molar-refractivity contribution is 7.17. The molecule has 3 N–H and O–H groups in total. The van der Waals surface area contributed by atoms with Gasteiger partial charge in [0.15, 0.2) is 0 Å². The Hall–Kier alpha value is -2.08. The zero-order valence-electron chi connectivity index (χ0n) is 17.4.